The van der Waals surface area contributed by atoms with Gasteiger partial charge >= 0.3 is 5.76 Å². The van der Waals surface area contributed by atoms with E-state index in [1.807, 2.05) is 29.6 Å². The quantitative estimate of drug-likeness (QED) is 0.682. The Kier molecular flexibility index (Phi) is 2.13. The number of nitrogens with zero attached hydrogens (tertiary/aromatic N) is 2. The van der Waals surface area contributed by atoms with E-state index in [-0.39, 0.29) is 6.61 Å². The first-order chi connectivity index (χ1) is 9.33. The topological polar surface area (TPSA) is 57.3 Å². The number of ether oxygens (including phenoxy) is 1. The van der Waals surface area contributed by atoms with E-state index >= 15 is 0 Å². The Morgan fingerprint density at radius 2 is 2.21 bits per heavy atom. The highest BCUT2D eigenvalue weighted by Crippen LogP contribution is 2.32. The second-order valence-electron chi connectivity index (χ2n) is 4.18. The molecule has 1 aliphatic heterocycles. The van der Waals surface area contributed by atoms with E-state index in [0.29, 0.717) is 17.3 Å². The van der Waals surface area contributed by atoms with Gasteiger partial charge in [-0.3, -0.25) is 4.52 Å². The lowest BCUT2D eigenvalue weighted by atomic mass is 10.1. The normalized spacial score (nSPS) is 12.6. The van der Waals surface area contributed by atoms with Gasteiger partial charge < -0.3 is 4.74 Å². The first-order valence-corrected chi connectivity index (χ1v) is 6.64. The molecule has 3 heterocycles. The summed E-state index contributed by atoms with van der Waals surface area (Å²) >= 11 is 1.63. The van der Waals surface area contributed by atoms with Gasteiger partial charge in [0.05, 0.1) is 5.69 Å². The number of fused-ring (bicyclic) bond motifs is 3. The second kappa shape index (κ2) is 3.83. The molecule has 0 saturated carbocycles. The van der Waals surface area contributed by atoms with E-state index in [2.05, 4.69) is 15.1 Å². The van der Waals surface area contributed by atoms with Crippen molar-refractivity contribution in [3.63, 3.8) is 0 Å². The molecule has 6 heteroatoms. The van der Waals surface area contributed by atoms with Crippen molar-refractivity contribution < 1.29 is 9.26 Å². The molecule has 0 amide bonds. The van der Waals surface area contributed by atoms with Crippen LogP contribution in [0.2, 0.25) is 0 Å². The molecule has 5 nitrogen and oxygen atoms in total. The Balaban J connectivity index is 1.96. The maximum atomic E-state index is 11.7. The first-order valence-electron chi connectivity index (χ1n) is 5.70. The van der Waals surface area contributed by atoms with E-state index in [1.54, 1.807) is 11.3 Å². The third-order valence-electron chi connectivity index (χ3n) is 3.08. The lowest BCUT2D eigenvalue weighted by Crippen LogP contribution is -2.21. The van der Waals surface area contributed by atoms with Crippen molar-refractivity contribution in [3.05, 3.63) is 51.4 Å². The van der Waals surface area contributed by atoms with Crippen LogP contribution in [0.15, 0.2) is 44.3 Å². The van der Waals surface area contributed by atoms with Crippen LogP contribution in [0, 0.1) is 0 Å². The van der Waals surface area contributed by atoms with Crippen LogP contribution in [0.5, 0.6) is 5.75 Å². The van der Waals surface area contributed by atoms with E-state index < -0.39 is 5.76 Å². The van der Waals surface area contributed by atoms with Gasteiger partial charge in [0, 0.05) is 0 Å². The van der Waals surface area contributed by atoms with Crippen LogP contribution in [-0.2, 0) is 6.61 Å². The molecule has 0 bridgehead atoms. The summed E-state index contributed by atoms with van der Waals surface area (Å²) in [5, 5.41) is 7.77. The minimum Gasteiger partial charge on any atom is -0.483 e. The maximum Gasteiger partial charge on any atom is 0.446 e. The van der Waals surface area contributed by atoms with Gasteiger partial charge in [0.2, 0.25) is 0 Å². The molecule has 19 heavy (non-hydrogen) atoms. The van der Waals surface area contributed by atoms with Crippen LogP contribution >= 0.6 is 11.3 Å². The molecule has 0 unspecified atom stereocenters. The van der Waals surface area contributed by atoms with Crippen molar-refractivity contribution in [2.24, 2.45) is 0 Å². The Morgan fingerprint density at radius 3 is 3.05 bits per heavy atom. The number of thiophene rings is 1. The summed E-state index contributed by atoms with van der Waals surface area (Å²) in [5.74, 6) is 0.666. The predicted molar refractivity (Wildman–Crippen MR) is 69.7 cm³/mol. The Labute approximate surface area is 111 Å². The standard InChI is InChI=1S/C13H8N2O3S/c16-13-15-10-5-8(9-3-4-19-7-9)1-2-11(10)17-6-12(15)14-18-13/h1-5,7H,6H2. The summed E-state index contributed by atoms with van der Waals surface area (Å²) < 4.78 is 11.7. The van der Waals surface area contributed by atoms with Crippen LogP contribution in [-0.4, -0.2) is 9.72 Å². The van der Waals surface area contributed by atoms with Crippen LogP contribution in [0.4, 0.5) is 0 Å². The largest absolute Gasteiger partial charge is 0.483 e. The lowest BCUT2D eigenvalue weighted by Gasteiger charge is -2.17. The van der Waals surface area contributed by atoms with Gasteiger partial charge in [-0.2, -0.15) is 11.3 Å². The van der Waals surface area contributed by atoms with Gasteiger partial charge in [-0.1, -0.05) is 11.2 Å². The maximum absolute atomic E-state index is 11.7. The fourth-order valence-corrected chi connectivity index (χ4v) is 2.84. The molecule has 0 aliphatic carbocycles. The molecule has 0 fully saturated rings. The fraction of sp³-hybridized carbons (Fsp3) is 0.0769. The monoisotopic (exact) mass is 272 g/mol. The van der Waals surface area contributed by atoms with Crippen LogP contribution in [0.3, 0.4) is 0 Å². The lowest BCUT2D eigenvalue weighted by molar-refractivity contribution is 0.274. The zero-order valence-corrected chi connectivity index (χ0v) is 10.5. The molecule has 94 valence electrons. The van der Waals surface area contributed by atoms with Gasteiger partial charge in [0.15, 0.2) is 12.4 Å². The van der Waals surface area contributed by atoms with Gasteiger partial charge in [-0.05, 0) is 40.1 Å². The zero-order chi connectivity index (χ0) is 12.8. The molecular weight excluding hydrogens is 264 g/mol. The van der Waals surface area contributed by atoms with E-state index in [1.165, 1.54) is 4.57 Å². The molecule has 2 aromatic heterocycles. The molecule has 0 saturated heterocycles. The summed E-state index contributed by atoms with van der Waals surface area (Å²) in [6, 6.07) is 7.79. The summed E-state index contributed by atoms with van der Waals surface area (Å²) in [6.45, 7) is 0.247. The van der Waals surface area contributed by atoms with E-state index in [0.717, 1.165) is 11.1 Å². The van der Waals surface area contributed by atoms with Gasteiger partial charge in [-0.15, -0.1) is 0 Å². The minimum atomic E-state index is -0.484. The third kappa shape index (κ3) is 1.53. The fourth-order valence-electron chi connectivity index (χ4n) is 2.17. The third-order valence-corrected chi connectivity index (χ3v) is 3.76. The Bertz CT molecular complexity index is 802. The summed E-state index contributed by atoms with van der Waals surface area (Å²) in [6.07, 6.45) is 0. The molecule has 0 spiro atoms. The number of aromatic nitrogens is 2. The van der Waals surface area contributed by atoms with Crippen molar-refractivity contribution in [2.45, 2.75) is 6.61 Å². The van der Waals surface area contributed by atoms with E-state index in [9.17, 15) is 4.79 Å². The van der Waals surface area contributed by atoms with E-state index in [4.69, 9.17) is 4.74 Å². The zero-order valence-electron chi connectivity index (χ0n) is 9.70. The van der Waals surface area contributed by atoms with Crippen molar-refractivity contribution in [1.29, 1.82) is 0 Å². The molecule has 4 rings (SSSR count). The smallest absolute Gasteiger partial charge is 0.446 e. The number of rotatable bonds is 1. The average molecular weight is 272 g/mol. The summed E-state index contributed by atoms with van der Waals surface area (Å²) in [7, 11) is 0. The van der Waals surface area contributed by atoms with Crippen LogP contribution in [0.25, 0.3) is 16.8 Å². The van der Waals surface area contributed by atoms with Gasteiger partial charge in [0.25, 0.3) is 0 Å². The number of hydrogen-bond donors (Lipinski definition) is 0. The number of benzene rings is 1. The highest BCUT2D eigenvalue weighted by atomic mass is 32.1. The molecular formula is C13H8N2O3S. The summed E-state index contributed by atoms with van der Waals surface area (Å²) in [5.41, 5.74) is 2.82. The molecule has 1 aromatic carbocycles. The van der Waals surface area contributed by atoms with Crippen molar-refractivity contribution >= 4 is 11.3 Å². The van der Waals surface area contributed by atoms with Crippen molar-refractivity contribution in [3.8, 4) is 22.6 Å². The SMILES string of the molecule is O=c1onc2n1-c1cc(-c3ccsc3)ccc1OC2. The highest BCUT2D eigenvalue weighted by Gasteiger charge is 2.22. The molecule has 1 aliphatic rings. The predicted octanol–water partition coefficient (Wildman–Crippen LogP) is 2.45. The second-order valence-corrected chi connectivity index (χ2v) is 4.96. The molecule has 3 aromatic rings. The molecule has 0 N–H and O–H groups in total. The number of hydrogen-bond acceptors (Lipinski definition) is 5. The highest BCUT2D eigenvalue weighted by molar-refractivity contribution is 7.08. The first kappa shape index (κ1) is 10.6. The van der Waals surface area contributed by atoms with Gasteiger partial charge in [0.1, 0.15) is 5.75 Å². The summed E-state index contributed by atoms with van der Waals surface area (Å²) in [4.78, 5) is 11.7. The van der Waals surface area contributed by atoms with Gasteiger partial charge in [-0.25, -0.2) is 9.36 Å². The van der Waals surface area contributed by atoms with Crippen LogP contribution < -0.4 is 10.5 Å². The Morgan fingerprint density at radius 1 is 1.26 bits per heavy atom. The molecule has 0 radical (unpaired) electrons. The average Bonchev–Trinajstić information content (AvgIpc) is 3.08. The van der Waals surface area contributed by atoms with Crippen LogP contribution in [0.1, 0.15) is 5.82 Å². The van der Waals surface area contributed by atoms with Crippen molar-refractivity contribution in [2.75, 3.05) is 0 Å². The minimum absolute atomic E-state index is 0.247. The Hall–Kier alpha value is -2.34. The molecule has 0 atom stereocenters. The van der Waals surface area contributed by atoms with Crippen molar-refractivity contribution in [1.82, 2.24) is 9.72 Å².